The van der Waals surface area contributed by atoms with Gasteiger partial charge in [-0.15, -0.1) is 0 Å². The van der Waals surface area contributed by atoms with Crippen LogP contribution in [0.3, 0.4) is 0 Å². The molecule has 5 nitrogen and oxygen atoms in total. The van der Waals surface area contributed by atoms with E-state index in [0.29, 0.717) is 18.9 Å². The first-order chi connectivity index (χ1) is 9.69. The Bertz CT molecular complexity index is 545. The molecule has 1 atom stereocenters. The Morgan fingerprint density at radius 2 is 2.00 bits per heavy atom. The number of benzene rings is 1. The summed E-state index contributed by atoms with van der Waals surface area (Å²) in [7, 11) is 0. The largest absolute Gasteiger partial charge is 0.387 e. The highest BCUT2D eigenvalue weighted by molar-refractivity contribution is 5.36. The Labute approximate surface area is 118 Å². The second-order valence-corrected chi connectivity index (χ2v) is 4.64. The lowest BCUT2D eigenvalue weighted by molar-refractivity contribution is 0.191. The quantitative estimate of drug-likeness (QED) is 0.741. The predicted molar refractivity (Wildman–Crippen MR) is 79.4 cm³/mol. The van der Waals surface area contributed by atoms with Crippen LogP contribution in [0.15, 0.2) is 36.4 Å². The van der Waals surface area contributed by atoms with Crippen molar-refractivity contribution in [2.24, 2.45) is 5.73 Å². The molecule has 0 aliphatic carbocycles. The van der Waals surface area contributed by atoms with Gasteiger partial charge in [-0.05, 0) is 19.0 Å². The average Bonchev–Trinajstić information content (AvgIpc) is 2.45. The third-order valence-corrected chi connectivity index (χ3v) is 2.95. The lowest BCUT2D eigenvalue weighted by atomic mass is 10.1. The smallest absolute Gasteiger partial charge is 0.130 e. The maximum absolute atomic E-state index is 10.1. The molecule has 1 unspecified atom stereocenters. The van der Waals surface area contributed by atoms with Crippen molar-refractivity contribution in [1.29, 1.82) is 0 Å². The zero-order valence-corrected chi connectivity index (χ0v) is 11.6. The van der Waals surface area contributed by atoms with Crippen LogP contribution in [0.4, 0.5) is 5.82 Å². The van der Waals surface area contributed by atoms with Crippen LogP contribution in [-0.4, -0.2) is 28.2 Å². The van der Waals surface area contributed by atoms with Crippen LogP contribution < -0.4 is 11.1 Å². The highest BCUT2D eigenvalue weighted by Gasteiger charge is 2.08. The fourth-order valence-electron chi connectivity index (χ4n) is 1.99. The Morgan fingerprint density at radius 3 is 2.70 bits per heavy atom. The SMILES string of the molecule is Cc1nc(CCN)cc(NCC(O)c2ccccc2)n1. The molecule has 0 spiro atoms. The number of nitrogens with zero attached hydrogens (tertiary/aromatic N) is 2. The second-order valence-electron chi connectivity index (χ2n) is 4.64. The summed E-state index contributed by atoms with van der Waals surface area (Å²) >= 11 is 0. The summed E-state index contributed by atoms with van der Waals surface area (Å²) in [5, 5.41) is 13.2. The molecule has 4 N–H and O–H groups in total. The zero-order chi connectivity index (χ0) is 14.4. The maximum atomic E-state index is 10.1. The van der Waals surface area contributed by atoms with Gasteiger partial charge in [0.15, 0.2) is 0 Å². The van der Waals surface area contributed by atoms with Gasteiger partial charge in [-0.1, -0.05) is 30.3 Å². The Balaban J connectivity index is 2.00. The van der Waals surface area contributed by atoms with Crippen LogP contribution in [0.5, 0.6) is 0 Å². The molecule has 0 fully saturated rings. The average molecular weight is 272 g/mol. The van der Waals surface area contributed by atoms with E-state index in [4.69, 9.17) is 5.73 Å². The third-order valence-electron chi connectivity index (χ3n) is 2.95. The first kappa shape index (κ1) is 14.4. The summed E-state index contributed by atoms with van der Waals surface area (Å²) in [5.74, 6) is 1.42. The molecule has 20 heavy (non-hydrogen) atoms. The number of rotatable bonds is 6. The lowest BCUT2D eigenvalue weighted by Gasteiger charge is -2.13. The van der Waals surface area contributed by atoms with Crippen molar-refractivity contribution in [3.63, 3.8) is 0 Å². The number of aromatic nitrogens is 2. The van der Waals surface area contributed by atoms with Crippen molar-refractivity contribution in [1.82, 2.24) is 9.97 Å². The molecular formula is C15H20N4O. The minimum absolute atomic E-state index is 0.405. The van der Waals surface area contributed by atoms with Gasteiger partial charge in [0.2, 0.25) is 0 Å². The molecule has 5 heteroatoms. The van der Waals surface area contributed by atoms with E-state index in [2.05, 4.69) is 15.3 Å². The van der Waals surface area contributed by atoms with Crippen molar-refractivity contribution in [3.05, 3.63) is 53.5 Å². The number of hydrogen-bond acceptors (Lipinski definition) is 5. The van der Waals surface area contributed by atoms with Crippen molar-refractivity contribution >= 4 is 5.82 Å². The van der Waals surface area contributed by atoms with E-state index in [9.17, 15) is 5.11 Å². The van der Waals surface area contributed by atoms with Crippen molar-refractivity contribution in [2.45, 2.75) is 19.4 Å². The van der Waals surface area contributed by atoms with E-state index in [1.54, 1.807) is 0 Å². The van der Waals surface area contributed by atoms with Gasteiger partial charge in [0.25, 0.3) is 0 Å². The van der Waals surface area contributed by atoms with Crippen LogP contribution in [0, 0.1) is 6.92 Å². The molecule has 1 heterocycles. The Kier molecular flexibility index (Phi) is 5.03. The van der Waals surface area contributed by atoms with Crippen molar-refractivity contribution in [2.75, 3.05) is 18.4 Å². The number of anilines is 1. The summed E-state index contributed by atoms with van der Waals surface area (Å²) in [6, 6.07) is 11.4. The van der Waals surface area contributed by atoms with Crippen molar-refractivity contribution < 1.29 is 5.11 Å². The summed E-state index contributed by atoms with van der Waals surface area (Å²) in [5.41, 5.74) is 7.33. The van der Waals surface area contributed by atoms with E-state index in [0.717, 1.165) is 23.5 Å². The molecule has 2 rings (SSSR count). The maximum Gasteiger partial charge on any atom is 0.130 e. The van der Waals surface area contributed by atoms with E-state index in [1.165, 1.54) is 0 Å². The first-order valence-corrected chi connectivity index (χ1v) is 6.70. The van der Waals surface area contributed by atoms with Gasteiger partial charge in [-0.25, -0.2) is 9.97 Å². The van der Waals surface area contributed by atoms with Crippen LogP contribution in [0.1, 0.15) is 23.2 Å². The van der Waals surface area contributed by atoms with Gasteiger partial charge in [-0.3, -0.25) is 0 Å². The normalized spacial score (nSPS) is 12.2. The van der Waals surface area contributed by atoms with Crippen LogP contribution >= 0.6 is 0 Å². The van der Waals surface area contributed by atoms with E-state index in [1.807, 2.05) is 43.3 Å². The van der Waals surface area contributed by atoms with Gasteiger partial charge < -0.3 is 16.2 Å². The zero-order valence-electron chi connectivity index (χ0n) is 11.6. The van der Waals surface area contributed by atoms with Gasteiger partial charge >= 0.3 is 0 Å². The number of hydrogen-bond donors (Lipinski definition) is 3. The lowest BCUT2D eigenvalue weighted by Crippen LogP contribution is -2.14. The summed E-state index contributed by atoms with van der Waals surface area (Å²) in [6.07, 6.45) is 0.156. The number of nitrogens with one attached hydrogen (secondary N) is 1. The van der Waals surface area contributed by atoms with Gasteiger partial charge in [0.05, 0.1) is 6.10 Å². The van der Waals surface area contributed by atoms with E-state index in [-0.39, 0.29) is 0 Å². The monoisotopic (exact) mass is 272 g/mol. The van der Waals surface area contributed by atoms with E-state index < -0.39 is 6.10 Å². The van der Waals surface area contributed by atoms with E-state index >= 15 is 0 Å². The van der Waals surface area contributed by atoms with Gasteiger partial charge in [0, 0.05) is 24.7 Å². The van der Waals surface area contributed by atoms with Gasteiger partial charge in [-0.2, -0.15) is 0 Å². The summed E-state index contributed by atoms with van der Waals surface area (Å²) < 4.78 is 0. The third kappa shape index (κ3) is 4.01. The predicted octanol–water partition coefficient (Wildman–Crippen LogP) is 1.43. The van der Waals surface area contributed by atoms with Gasteiger partial charge in [0.1, 0.15) is 11.6 Å². The Morgan fingerprint density at radius 1 is 1.25 bits per heavy atom. The fraction of sp³-hybridized carbons (Fsp3) is 0.333. The molecule has 1 aromatic carbocycles. The van der Waals surface area contributed by atoms with Crippen LogP contribution in [0.2, 0.25) is 0 Å². The number of aryl methyl sites for hydroxylation is 1. The molecular weight excluding hydrogens is 252 g/mol. The minimum Gasteiger partial charge on any atom is -0.387 e. The molecule has 0 amide bonds. The van der Waals surface area contributed by atoms with Crippen LogP contribution in [-0.2, 0) is 6.42 Å². The minimum atomic E-state index is -0.565. The molecule has 0 aliphatic rings. The Hall–Kier alpha value is -1.98. The molecule has 2 aromatic rings. The number of aliphatic hydroxyl groups excluding tert-OH is 1. The molecule has 0 saturated carbocycles. The molecule has 1 aromatic heterocycles. The highest BCUT2D eigenvalue weighted by atomic mass is 16.3. The molecule has 0 radical (unpaired) electrons. The standard InChI is InChI=1S/C15H20N4O/c1-11-18-13(7-8-16)9-15(19-11)17-10-14(20)12-5-3-2-4-6-12/h2-6,9,14,20H,7-8,10,16H2,1H3,(H,17,18,19). The molecule has 0 bridgehead atoms. The summed E-state index contributed by atoms with van der Waals surface area (Å²) in [4.78, 5) is 8.62. The highest BCUT2D eigenvalue weighted by Crippen LogP contribution is 2.14. The fourth-order valence-corrected chi connectivity index (χ4v) is 1.99. The molecule has 0 saturated heterocycles. The topological polar surface area (TPSA) is 84.1 Å². The number of aliphatic hydroxyl groups is 1. The van der Waals surface area contributed by atoms with Crippen molar-refractivity contribution in [3.8, 4) is 0 Å². The first-order valence-electron chi connectivity index (χ1n) is 6.70. The summed E-state index contributed by atoms with van der Waals surface area (Å²) in [6.45, 7) is 2.81. The molecule has 0 aliphatic heterocycles. The van der Waals surface area contributed by atoms with Crippen LogP contribution in [0.25, 0.3) is 0 Å². The number of nitrogens with two attached hydrogens (primary N) is 1. The second kappa shape index (κ2) is 6.98. The molecule has 106 valence electrons.